The largest absolute Gasteiger partial charge is 0.352 e. The Kier molecular flexibility index (Phi) is 5.14. The SMILES string of the molecule is CC(CNC(=O)c1cccc(C#N)c1)CN1CCCC1. The Morgan fingerprint density at radius 3 is 2.90 bits per heavy atom. The van der Waals surface area contributed by atoms with Crippen molar-refractivity contribution < 1.29 is 4.79 Å². The summed E-state index contributed by atoms with van der Waals surface area (Å²) in [7, 11) is 0. The molecule has 0 spiro atoms. The van der Waals surface area contributed by atoms with Gasteiger partial charge < -0.3 is 10.2 Å². The van der Waals surface area contributed by atoms with Gasteiger partial charge in [0.2, 0.25) is 0 Å². The van der Waals surface area contributed by atoms with Crippen LogP contribution < -0.4 is 5.32 Å². The normalized spacial score (nSPS) is 16.6. The standard InChI is InChI=1S/C16H21N3O/c1-13(12-19-7-2-3-8-19)11-18-16(20)15-6-4-5-14(9-15)10-17/h4-6,9,13H,2-3,7-8,11-12H2,1H3,(H,18,20). The second kappa shape index (κ2) is 7.06. The molecule has 1 aromatic carbocycles. The zero-order chi connectivity index (χ0) is 14.4. The van der Waals surface area contributed by atoms with Gasteiger partial charge in [0, 0.05) is 18.7 Å². The maximum absolute atomic E-state index is 12.0. The van der Waals surface area contributed by atoms with Gasteiger partial charge in [0.05, 0.1) is 11.6 Å². The maximum Gasteiger partial charge on any atom is 0.251 e. The smallest absolute Gasteiger partial charge is 0.251 e. The molecule has 1 aliphatic rings. The number of nitrogens with zero attached hydrogens (tertiary/aromatic N) is 2. The second-order valence-corrected chi connectivity index (χ2v) is 5.52. The fourth-order valence-corrected chi connectivity index (χ4v) is 2.57. The fourth-order valence-electron chi connectivity index (χ4n) is 2.57. The average molecular weight is 271 g/mol. The maximum atomic E-state index is 12.0. The first-order chi connectivity index (χ1) is 9.69. The fraction of sp³-hybridized carbons (Fsp3) is 0.500. The van der Waals surface area contributed by atoms with Crippen LogP contribution in [0, 0.1) is 17.2 Å². The van der Waals surface area contributed by atoms with Crippen LogP contribution >= 0.6 is 0 Å². The zero-order valence-electron chi connectivity index (χ0n) is 11.9. The number of likely N-dealkylation sites (tertiary alicyclic amines) is 1. The molecule has 106 valence electrons. The molecule has 0 aromatic heterocycles. The number of nitriles is 1. The molecule has 1 aromatic rings. The first-order valence-corrected chi connectivity index (χ1v) is 7.20. The van der Waals surface area contributed by atoms with Gasteiger partial charge in [-0.05, 0) is 50.0 Å². The highest BCUT2D eigenvalue weighted by Gasteiger charge is 2.15. The molecule has 0 radical (unpaired) electrons. The van der Waals surface area contributed by atoms with E-state index in [9.17, 15) is 4.79 Å². The lowest BCUT2D eigenvalue weighted by atomic mass is 10.1. The van der Waals surface area contributed by atoms with Crippen LogP contribution in [0.2, 0.25) is 0 Å². The predicted octanol–water partition coefficient (Wildman–Crippen LogP) is 2.02. The van der Waals surface area contributed by atoms with Gasteiger partial charge in [-0.25, -0.2) is 0 Å². The number of hydrogen-bond donors (Lipinski definition) is 1. The molecule has 1 amide bonds. The van der Waals surface area contributed by atoms with Gasteiger partial charge in [-0.15, -0.1) is 0 Å². The van der Waals surface area contributed by atoms with E-state index in [1.165, 1.54) is 25.9 Å². The molecule has 4 nitrogen and oxygen atoms in total. The van der Waals surface area contributed by atoms with Gasteiger partial charge in [0.25, 0.3) is 5.91 Å². The second-order valence-electron chi connectivity index (χ2n) is 5.52. The number of carbonyl (C=O) groups excluding carboxylic acids is 1. The van der Waals surface area contributed by atoms with Crippen molar-refractivity contribution in [2.75, 3.05) is 26.2 Å². The molecule has 0 saturated carbocycles. The Morgan fingerprint density at radius 1 is 1.45 bits per heavy atom. The van der Waals surface area contributed by atoms with Crippen molar-refractivity contribution in [1.29, 1.82) is 5.26 Å². The van der Waals surface area contributed by atoms with Crippen molar-refractivity contribution in [3.05, 3.63) is 35.4 Å². The number of amides is 1. The minimum atomic E-state index is -0.102. The average Bonchev–Trinajstić information content (AvgIpc) is 2.97. The van der Waals surface area contributed by atoms with Gasteiger partial charge >= 0.3 is 0 Å². The quantitative estimate of drug-likeness (QED) is 0.891. The van der Waals surface area contributed by atoms with E-state index in [4.69, 9.17) is 5.26 Å². The van der Waals surface area contributed by atoms with E-state index >= 15 is 0 Å². The Hall–Kier alpha value is -1.86. The minimum absolute atomic E-state index is 0.102. The van der Waals surface area contributed by atoms with E-state index < -0.39 is 0 Å². The molecule has 20 heavy (non-hydrogen) atoms. The lowest BCUT2D eigenvalue weighted by Gasteiger charge is -2.20. The third-order valence-electron chi connectivity index (χ3n) is 3.63. The Morgan fingerprint density at radius 2 is 2.20 bits per heavy atom. The molecule has 1 fully saturated rings. The summed E-state index contributed by atoms with van der Waals surface area (Å²) in [6, 6.07) is 8.85. The topological polar surface area (TPSA) is 56.1 Å². The van der Waals surface area contributed by atoms with E-state index in [0.717, 1.165) is 6.54 Å². The molecule has 1 heterocycles. The molecule has 1 atom stereocenters. The molecular weight excluding hydrogens is 250 g/mol. The first kappa shape index (κ1) is 14.5. The van der Waals surface area contributed by atoms with Crippen molar-refractivity contribution in [3.63, 3.8) is 0 Å². The summed E-state index contributed by atoms with van der Waals surface area (Å²) in [5.74, 6) is 0.339. The highest BCUT2D eigenvalue weighted by molar-refractivity contribution is 5.94. The lowest BCUT2D eigenvalue weighted by molar-refractivity contribution is 0.0945. The van der Waals surface area contributed by atoms with Crippen molar-refractivity contribution in [2.24, 2.45) is 5.92 Å². The number of hydrogen-bond acceptors (Lipinski definition) is 3. The Bertz CT molecular complexity index is 501. The summed E-state index contributed by atoms with van der Waals surface area (Å²) < 4.78 is 0. The lowest BCUT2D eigenvalue weighted by Crippen LogP contribution is -2.34. The highest BCUT2D eigenvalue weighted by atomic mass is 16.1. The van der Waals surface area contributed by atoms with Crippen LogP contribution in [0.15, 0.2) is 24.3 Å². The van der Waals surface area contributed by atoms with E-state index in [-0.39, 0.29) is 5.91 Å². The summed E-state index contributed by atoms with van der Waals surface area (Å²) >= 11 is 0. The van der Waals surface area contributed by atoms with Gasteiger partial charge in [-0.3, -0.25) is 4.79 Å². The number of nitrogens with one attached hydrogen (secondary N) is 1. The Labute approximate surface area is 120 Å². The van der Waals surface area contributed by atoms with Gasteiger partial charge in [-0.1, -0.05) is 13.0 Å². The highest BCUT2D eigenvalue weighted by Crippen LogP contribution is 2.10. The molecule has 4 heteroatoms. The first-order valence-electron chi connectivity index (χ1n) is 7.20. The molecule has 1 unspecified atom stereocenters. The molecule has 1 saturated heterocycles. The summed E-state index contributed by atoms with van der Waals surface area (Å²) in [5, 5.41) is 11.8. The number of benzene rings is 1. The Balaban J connectivity index is 1.80. The summed E-state index contributed by atoms with van der Waals surface area (Å²) in [4.78, 5) is 14.5. The van der Waals surface area contributed by atoms with Crippen LogP contribution in [0.1, 0.15) is 35.7 Å². The van der Waals surface area contributed by atoms with Crippen molar-refractivity contribution >= 4 is 5.91 Å². The number of carbonyl (C=O) groups is 1. The molecule has 0 bridgehead atoms. The van der Waals surface area contributed by atoms with Crippen molar-refractivity contribution in [2.45, 2.75) is 19.8 Å². The van der Waals surface area contributed by atoms with E-state index in [0.29, 0.717) is 23.6 Å². The van der Waals surface area contributed by atoms with Crippen LogP contribution in [-0.4, -0.2) is 37.0 Å². The summed E-state index contributed by atoms with van der Waals surface area (Å²) in [6.45, 7) is 6.24. The van der Waals surface area contributed by atoms with Crippen LogP contribution in [0.25, 0.3) is 0 Å². The van der Waals surface area contributed by atoms with Crippen LogP contribution in [0.5, 0.6) is 0 Å². The number of rotatable bonds is 5. The van der Waals surface area contributed by atoms with Crippen LogP contribution in [0.4, 0.5) is 0 Å². The third kappa shape index (κ3) is 4.07. The van der Waals surface area contributed by atoms with E-state index in [1.807, 2.05) is 6.07 Å². The summed E-state index contributed by atoms with van der Waals surface area (Å²) in [5.41, 5.74) is 1.07. The third-order valence-corrected chi connectivity index (χ3v) is 3.63. The molecule has 0 aliphatic carbocycles. The monoisotopic (exact) mass is 271 g/mol. The zero-order valence-corrected chi connectivity index (χ0v) is 11.9. The van der Waals surface area contributed by atoms with Crippen molar-refractivity contribution in [1.82, 2.24) is 10.2 Å². The van der Waals surface area contributed by atoms with Gasteiger partial charge in [0.15, 0.2) is 0 Å². The molecule has 1 aliphatic heterocycles. The molecule has 2 rings (SSSR count). The predicted molar refractivity (Wildman–Crippen MR) is 78.3 cm³/mol. The van der Waals surface area contributed by atoms with Crippen LogP contribution in [0.3, 0.4) is 0 Å². The van der Waals surface area contributed by atoms with E-state index in [1.54, 1.807) is 24.3 Å². The molecule has 1 N–H and O–H groups in total. The minimum Gasteiger partial charge on any atom is -0.352 e. The summed E-state index contributed by atoms with van der Waals surface area (Å²) in [6.07, 6.45) is 2.58. The van der Waals surface area contributed by atoms with Crippen LogP contribution in [-0.2, 0) is 0 Å². The molecular formula is C16H21N3O. The van der Waals surface area contributed by atoms with Gasteiger partial charge in [-0.2, -0.15) is 5.26 Å². The van der Waals surface area contributed by atoms with Gasteiger partial charge in [0.1, 0.15) is 0 Å². The van der Waals surface area contributed by atoms with E-state index in [2.05, 4.69) is 17.1 Å². The van der Waals surface area contributed by atoms with Crippen molar-refractivity contribution in [3.8, 4) is 6.07 Å².